The molecule has 1 heterocycles. The van der Waals surface area contributed by atoms with Crippen LogP contribution in [-0.2, 0) is 9.59 Å². The molecule has 96 valence electrons. The normalized spacial score (nSPS) is 23.5. The van der Waals surface area contributed by atoms with Gasteiger partial charge in [-0.3, -0.25) is 9.59 Å². The van der Waals surface area contributed by atoms with Crippen LogP contribution in [0.4, 0.5) is 0 Å². The lowest BCUT2D eigenvalue weighted by molar-refractivity contribution is -0.142. The first kappa shape index (κ1) is 12.6. The van der Waals surface area contributed by atoms with E-state index in [0.29, 0.717) is 0 Å². The third-order valence-corrected chi connectivity index (χ3v) is 3.87. The molecular weight excluding hydrogens is 230 g/mol. The average Bonchev–Trinajstić information content (AvgIpc) is 2.60. The summed E-state index contributed by atoms with van der Waals surface area (Å²) in [4.78, 5) is 24.6. The van der Waals surface area contributed by atoms with Crippen molar-refractivity contribution in [1.82, 2.24) is 4.90 Å². The molecular formula is C14H17NO3. The first-order valence-corrected chi connectivity index (χ1v) is 5.98. The summed E-state index contributed by atoms with van der Waals surface area (Å²) in [5.41, 5.74) is 3.12. The van der Waals surface area contributed by atoms with Crippen LogP contribution >= 0.6 is 0 Å². The standard InChI is InChI=1S/C14H17NO3/c1-8-5-4-6-10(9(8)2)13-11(14(17)18)7-12(16)15(13)3/h4-6,11,13H,7H2,1-3H3,(H,17,18). The van der Waals surface area contributed by atoms with Crippen LogP contribution in [0.15, 0.2) is 18.2 Å². The third-order valence-electron chi connectivity index (χ3n) is 3.87. The predicted octanol–water partition coefficient (Wildman–Crippen LogP) is 1.91. The van der Waals surface area contributed by atoms with E-state index >= 15 is 0 Å². The molecule has 1 fully saturated rings. The maximum atomic E-state index is 11.7. The molecule has 1 N–H and O–H groups in total. The van der Waals surface area contributed by atoms with Gasteiger partial charge < -0.3 is 10.0 Å². The van der Waals surface area contributed by atoms with E-state index < -0.39 is 11.9 Å². The number of carboxylic acids is 1. The summed E-state index contributed by atoms with van der Waals surface area (Å²) in [6.45, 7) is 3.96. The summed E-state index contributed by atoms with van der Waals surface area (Å²) in [6, 6.07) is 5.46. The van der Waals surface area contributed by atoms with Gasteiger partial charge in [0.2, 0.25) is 5.91 Å². The minimum absolute atomic E-state index is 0.0872. The zero-order valence-corrected chi connectivity index (χ0v) is 10.8. The highest BCUT2D eigenvalue weighted by atomic mass is 16.4. The molecule has 4 heteroatoms. The van der Waals surface area contributed by atoms with Crippen molar-refractivity contribution in [1.29, 1.82) is 0 Å². The molecule has 1 saturated heterocycles. The number of likely N-dealkylation sites (tertiary alicyclic amines) is 1. The van der Waals surface area contributed by atoms with E-state index in [1.165, 1.54) is 0 Å². The van der Waals surface area contributed by atoms with Crippen LogP contribution in [0.25, 0.3) is 0 Å². The van der Waals surface area contributed by atoms with Gasteiger partial charge in [-0.25, -0.2) is 0 Å². The highest BCUT2D eigenvalue weighted by Gasteiger charge is 2.43. The van der Waals surface area contributed by atoms with Crippen LogP contribution in [0.5, 0.6) is 0 Å². The first-order chi connectivity index (χ1) is 8.43. The summed E-state index contributed by atoms with van der Waals surface area (Å²) >= 11 is 0. The SMILES string of the molecule is Cc1cccc(C2C(C(=O)O)CC(=O)N2C)c1C. The lowest BCUT2D eigenvalue weighted by Crippen LogP contribution is -2.27. The van der Waals surface area contributed by atoms with Gasteiger partial charge in [-0.1, -0.05) is 18.2 Å². The van der Waals surface area contributed by atoms with Gasteiger partial charge >= 0.3 is 5.97 Å². The van der Waals surface area contributed by atoms with Gasteiger partial charge in [0.15, 0.2) is 0 Å². The Morgan fingerprint density at radius 2 is 2.06 bits per heavy atom. The number of aliphatic carboxylic acids is 1. The number of hydrogen-bond acceptors (Lipinski definition) is 2. The lowest BCUT2D eigenvalue weighted by atomic mass is 9.89. The van der Waals surface area contributed by atoms with E-state index in [9.17, 15) is 14.7 Å². The van der Waals surface area contributed by atoms with Gasteiger partial charge in [0.1, 0.15) is 0 Å². The molecule has 0 spiro atoms. The number of carbonyl (C=O) groups excluding carboxylic acids is 1. The zero-order chi connectivity index (χ0) is 13.4. The van der Waals surface area contributed by atoms with Crippen LogP contribution in [0.3, 0.4) is 0 Å². The minimum atomic E-state index is -0.904. The zero-order valence-electron chi connectivity index (χ0n) is 10.8. The smallest absolute Gasteiger partial charge is 0.309 e. The summed E-state index contributed by atoms with van der Waals surface area (Å²) in [7, 11) is 1.68. The number of aryl methyl sites for hydroxylation is 1. The van der Waals surface area contributed by atoms with Crippen LogP contribution in [0, 0.1) is 19.8 Å². The Kier molecular flexibility index (Phi) is 3.11. The second-order valence-corrected chi connectivity index (χ2v) is 4.89. The maximum Gasteiger partial charge on any atom is 0.309 e. The number of benzene rings is 1. The van der Waals surface area contributed by atoms with Gasteiger partial charge in [0.05, 0.1) is 12.0 Å². The quantitative estimate of drug-likeness (QED) is 0.868. The van der Waals surface area contributed by atoms with Crippen molar-refractivity contribution in [2.75, 3.05) is 7.05 Å². The highest BCUT2D eigenvalue weighted by molar-refractivity contribution is 5.87. The molecule has 0 bridgehead atoms. The molecule has 1 amide bonds. The summed E-state index contributed by atoms with van der Waals surface area (Å²) in [5, 5.41) is 9.26. The topological polar surface area (TPSA) is 57.6 Å². The number of carbonyl (C=O) groups is 2. The molecule has 18 heavy (non-hydrogen) atoms. The van der Waals surface area contributed by atoms with Crippen LogP contribution in [0.2, 0.25) is 0 Å². The van der Waals surface area contributed by atoms with Gasteiger partial charge in [0.25, 0.3) is 0 Å². The molecule has 1 aromatic rings. The average molecular weight is 247 g/mol. The van der Waals surface area contributed by atoms with Crippen LogP contribution in [-0.4, -0.2) is 28.9 Å². The van der Waals surface area contributed by atoms with E-state index in [4.69, 9.17) is 0 Å². The Morgan fingerprint density at radius 1 is 1.39 bits per heavy atom. The monoisotopic (exact) mass is 247 g/mol. The third kappa shape index (κ3) is 1.88. The Morgan fingerprint density at radius 3 is 2.67 bits per heavy atom. The van der Waals surface area contributed by atoms with Crippen molar-refractivity contribution < 1.29 is 14.7 Å². The first-order valence-electron chi connectivity index (χ1n) is 5.98. The van der Waals surface area contributed by atoms with Gasteiger partial charge in [0, 0.05) is 13.5 Å². The molecule has 1 aromatic carbocycles. The summed E-state index contributed by atoms with van der Waals surface area (Å²) in [5.74, 6) is -1.66. The lowest BCUT2D eigenvalue weighted by Gasteiger charge is -2.25. The number of amides is 1. The molecule has 2 atom stereocenters. The molecule has 0 aromatic heterocycles. The molecule has 2 rings (SSSR count). The van der Waals surface area contributed by atoms with Crippen molar-refractivity contribution in [2.45, 2.75) is 26.3 Å². The fraction of sp³-hybridized carbons (Fsp3) is 0.429. The molecule has 0 aliphatic carbocycles. The second-order valence-electron chi connectivity index (χ2n) is 4.89. The Bertz CT molecular complexity index is 510. The number of rotatable bonds is 2. The van der Waals surface area contributed by atoms with Crippen LogP contribution < -0.4 is 0 Å². The van der Waals surface area contributed by atoms with Crippen molar-refractivity contribution in [3.05, 3.63) is 34.9 Å². The van der Waals surface area contributed by atoms with Gasteiger partial charge in [-0.05, 0) is 30.5 Å². The van der Waals surface area contributed by atoms with Crippen molar-refractivity contribution >= 4 is 11.9 Å². The van der Waals surface area contributed by atoms with Crippen molar-refractivity contribution in [2.24, 2.45) is 5.92 Å². The number of nitrogens with zero attached hydrogens (tertiary/aromatic N) is 1. The molecule has 0 saturated carbocycles. The van der Waals surface area contributed by atoms with Gasteiger partial charge in [-0.15, -0.1) is 0 Å². The fourth-order valence-corrected chi connectivity index (χ4v) is 2.61. The molecule has 1 aliphatic heterocycles. The molecule has 0 radical (unpaired) electrons. The fourth-order valence-electron chi connectivity index (χ4n) is 2.61. The Balaban J connectivity index is 2.49. The van der Waals surface area contributed by atoms with E-state index in [1.807, 2.05) is 32.0 Å². The largest absolute Gasteiger partial charge is 0.481 e. The Hall–Kier alpha value is -1.84. The highest BCUT2D eigenvalue weighted by Crippen LogP contribution is 2.38. The minimum Gasteiger partial charge on any atom is -0.481 e. The van der Waals surface area contributed by atoms with Crippen LogP contribution in [0.1, 0.15) is 29.2 Å². The predicted molar refractivity (Wildman–Crippen MR) is 67.2 cm³/mol. The van der Waals surface area contributed by atoms with E-state index in [0.717, 1.165) is 16.7 Å². The summed E-state index contributed by atoms with van der Waals surface area (Å²) < 4.78 is 0. The molecule has 1 aliphatic rings. The molecule has 2 unspecified atom stereocenters. The Labute approximate surface area is 106 Å². The van der Waals surface area contributed by atoms with E-state index in [-0.39, 0.29) is 18.4 Å². The van der Waals surface area contributed by atoms with Crippen molar-refractivity contribution in [3.8, 4) is 0 Å². The van der Waals surface area contributed by atoms with E-state index in [2.05, 4.69) is 0 Å². The number of hydrogen-bond donors (Lipinski definition) is 1. The molecule has 4 nitrogen and oxygen atoms in total. The van der Waals surface area contributed by atoms with E-state index in [1.54, 1.807) is 11.9 Å². The number of carboxylic acid groups (broad SMARTS) is 1. The summed E-state index contributed by atoms with van der Waals surface area (Å²) in [6.07, 6.45) is 0.0872. The van der Waals surface area contributed by atoms with Crippen molar-refractivity contribution in [3.63, 3.8) is 0 Å². The second kappa shape index (κ2) is 4.44. The maximum absolute atomic E-state index is 11.7. The van der Waals surface area contributed by atoms with Gasteiger partial charge in [-0.2, -0.15) is 0 Å².